The molecule has 1 atom stereocenters. The molecule has 0 saturated heterocycles. The highest BCUT2D eigenvalue weighted by Crippen LogP contribution is 2.13. The summed E-state index contributed by atoms with van der Waals surface area (Å²) in [7, 11) is 1.18. The molecule has 12 heavy (non-hydrogen) atoms. The van der Waals surface area contributed by atoms with Gasteiger partial charge >= 0.3 is 5.97 Å². The van der Waals surface area contributed by atoms with E-state index in [4.69, 9.17) is 0 Å². The Balaban J connectivity index is 4.21. The predicted molar refractivity (Wildman–Crippen MR) is 42.1 cm³/mol. The van der Waals surface area contributed by atoms with Gasteiger partial charge in [0.2, 0.25) is 6.29 Å². The predicted octanol–water partition coefficient (Wildman–Crippen LogP) is -0.0336. The zero-order chi connectivity index (χ0) is 9.61. The van der Waals surface area contributed by atoms with E-state index in [1.54, 1.807) is 0 Å². The van der Waals surface area contributed by atoms with E-state index in [1.807, 2.05) is 0 Å². The van der Waals surface area contributed by atoms with E-state index in [0.29, 0.717) is 0 Å². The van der Waals surface area contributed by atoms with Crippen LogP contribution in [0.2, 0.25) is 0 Å². The highest BCUT2D eigenvalue weighted by atomic mass is 16.5. The molecule has 0 fully saturated rings. The van der Waals surface area contributed by atoms with E-state index in [0.717, 1.165) is 0 Å². The molecule has 0 aromatic carbocycles. The fourth-order valence-corrected chi connectivity index (χ4v) is 0.700. The minimum atomic E-state index is -1.78. The van der Waals surface area contributed by atoms with Gasteiger partial charge in [-0.15, -0.1) is 6.58 Å². The van der Waals surface area contributed by atoms with Crippen LogP contribution in [0, 0.1) is 0 Å². The lowest BCUT2D eigenvalue weighted by Crippen LogP contribution is -2.33. The summed E-state index contributed by atoms with van der Waals surface area (Å²) in [5, 5.41) is 9.33. The van der Waals surface area contributed by atoms with Crippen molar-refractivity contribution in [2.75, 3.05) is 7.11 Å². The molecule has 1 N–H and O–H groups in total. The molecule has 0 bridgehead atoms. The molecule has 1 unspecified atom stereocenters. The average molecular weight is 171 g/mol. The van der Waals surface area contributed by atoms with E-state index < -0.39 is 11.6 Å². The van der Waals surface area contributed by atoms with Crippen molar-refractivity contribution in [2.24, 2.45) is 0 Å². The number of carbonyl (C=O) groups excluding carboxylic acids is 2. The Morgan fingerprint density at radius 1 is 1.83 bits per heavy atom. The van der Waals surface area contributed by atoms with Crippen LogP contribution in [0.25, 0.3) is 0 Å². The summed E-state index contributed by atoms with van der Waals surface area (Å²) in [5.74, 6) is -0.650. The van der Waals surface area contributed by atoms with Crippen LogP contribution in [0.3, 0.4) is 0 Å². The maximum Gasteiger partial charge on any atom is 0.308 e. The fourth-order valence-electron chi connectivity index (χ4n) is 0.700. The summed E-state index contributed by atoms with van der Waals surface area (Å²) in [5.41, 5.74) is -1.78. The van der Waals surface area contributed by atoms with Gasteiger partial charge in [0.15, 0.2) is 0 Å². The molecule has 0 aromatic heterocycles. The summed E-state index contributed by atoms with van der Waals surface area (Å²) in [6, 6.07) is 0. The first-order chi connectivity index (χ1) is 5.58. The molecule has 0 rings (SSSR count). The molecule has 1 radical (unpaired) electrons. The second-order valence-corrected chi connectivity index (χ2v) is 2.38. The minimum Gasteiger partial charge on any atom is -0.469 e. The van der Waals surface area contributed by atoms with Crippen LogP contribution in [-0.4, -0.2) is 30.1 Å². The molecule has 0 aliphatic heterocycles. The van der Waals surface area contributed by atoms with Gasteiger partial charge in [0.25, 0.3) is 0 Å². The molecular formula is C8H11O4. The van der Waals surface area contributed by atoms with Gasteiger partial charge < -0.3 is 9.84 Å². The van der Waals surface area contributed by atoms with Gasteiger partial charge in [-0.05, 0) is 0 Å². The largest absolute Gasteiger partial charge is 0.469 e. The second kappa shape index (κ2) is 4.66. The number of hydrogen-bond acceptors (Lipinski definition) is 4. The number of rotatable bonds is 5. The number of hydrogen-bond donors (Lipinski definition) is 1. The maximum absolute atomic E-state index is 10.7. The zero-order valence-electron chi connectivity index (χ0n) is 6.87. The van der Waals surface area contributed by atoms with Gasteiger partial charge in [0, 0.05) is 6.42 Å². The Hall–Kier alpha value is -1.16. The third kappa shape index (κ3) is 3.30. The van der Waals surface area contributed by atoms with Crippen LogP contribution in [0.4, 0.5) is 0 Å². The average Bonchev–Trinajstić information content (AvgIpc) is 2.05. The SMILES string of the molecule is C=CCC(O)([C]=O)CC(=O)OC. The summed E-state index contributed by atoms with van der Waals surface area (Å²) >= 11 is 0. The highest BCUT2D eigenvalue weighted by Gasteiger charge is 2.29. The Morgan fingerprint density at radius 2 is 2.42 bits per heavy atom. The van der Waals surface area contributed by atoms with Gasteiger partial charge in [-0.1, -0.05) is 6.08 Å². The van der Waals surface area contributed by atoms with Crippen molar-refractivity contribution in [3.05, 3.63) is 12.7 Å². The molecule has 0 aliphatic rings. The van der Waals surface area contributed by atoms with E-state index in [9.17, 15) is 14.7 Å². The molecule has 0 saturated carbocycles. The van der Waals surface area contributed by atoms with Crippen molar-refractivity contribution >= 4 is 12.3 Å². The summed E-state index contributed by atoms with van der Waals surface area (Å²) in [6.07, 6.45) is 2.32. The highest BCUT2D eigenvalue weighted by molar-refractivity contribution is 5.77. The number of ether oxygens (including phenoxy) is 1. The lowest BCUT2D eigenvalue weighted by atomic mass is 9.98. The van der Waals surface area contributed by atoms with Crippen LogP contribution in [-0.2, 0) is 14.3 Å². The third-order valence-electron chi connectivity index (χ3n) is 1.34. The number of carbonyl (C=O) groups is 1. The molecule has 0 spiro atoms. The number of methoxy groups -OCH3 is 1. The Labute approximate surface area is 70.8 Å². The molecule has 67 valence electrons. The number of esters is 1. The normalized spacial score (nSPS) is 14.5. The zero-order valence-corrected chi connectivity index (χ0v) is 6.87. The van der Waals surface area contributed by atoms with Gasteiger partial charge in [0.1, 0.15) is 5.60 Å². The Morgan fingerprint density at radius 3 is 2.75 bits per heavy atom. The van der Waals surface area contributed by atoms with Crippen LogP contribution >= 0.6 is 0 Å². The van der Waals surface area contributed by atoms with E-state index in [2.05, 4.69) is 11.3 Å². The summed E-state index contributed by atoms with van der Waals surface area (Å²) in [4.78, 5) is 20.9. The Bertz CT molecular complexity index is 187. The molecule has 4 heteroatoms. The summed E-state index contributed by atoms with van der Waals surface area (Å²) < 4.78 is 4.28. The first-order valence-corrected chi connectivity index (χ1v) is 3.37. The van der Waals surface area contributed by atoms with Crippen LogP contribution in [0.1, 0.15) is 12.8 Å². The maximum atomic E-state index is 10.7. The molecule has 0 aromatic rings. The summed E-state index contributed by atoms with van der Waals surface area (Å²) in [6.45, 7) is 3.34. The van der Waals surface area contributed by atoms with Crippen LogP contribution in [0.15, 0.2) is 12.7 Å². The third-order valence-corrected chi connectivity index (χ3v) is 1.34. The van der Waals surface area contributed by atoms with Crippen molar-refractivity contribution in [3.8, 4) is 0 Å². The lowest BCUT2D eigenvalue weighted by molar-refractivity contribution is -0.144. The molecule has 0 aliphatic carbocycles. The molecule has 0 amide bonds. The fraction of sp³-hybridized carbons (Fsp3) is 0.500. The number of aliphatic hydroxyl groups is 1. The standard InChI is InChI=1S/C8H11O4/c1-3-4-8(11,6-9)5-7(10)12-2/h3,11H,1,4-5H2,2H3. The molecule has 0 heterocycles. The van der Waals surface area contributed by atoms with E-state index in [1.165, 1.54) is 19.5 Å². The van der Waals surface area contributed by atoms with Gasteiger partial charge in [-0.3, -0.25) is 9.59 Å². The minimum absolute atomic E-state index is 0.00833. The van der Waals surface area contributed by atoms with Crippen molar-refractivity contribution in [1.29, 1.82) is 0 Å². The van der Waals surface area contributed by atoms with E-state index in [-0.39, 0.29) is 12.8 Å². The van der Waals surface area contributed by atoms with Gasteiger partial charge in [0.05, 0.1) is 13.5 Å². The first kappa shape index (κ1) is 10.8. The van der Waals surface area contributed by atoms with E-state index >= 15 is 0 Å². The molecule has 4 nitrogen and oxygen atoms in total. The van der Waals surface area contributed by atoms with Crippen LogP contribution in [0.5, 0.6) is 0 Å². The van der Waals surface area contributed by atoms with Crippen LogP contribution < -0.4 is 0 Å². The first-order valence-electron chi connectivity index (χ1n) is 3.37. The quantitative estimate of drug-likeness (QED) is 0.466. The van der Waals surface area contributed by atoms with Crippen molar-refractivity contribution in [3.63, 3.8) is 0 Å². The van der Waals surface area contributed by atoms with Crippen molar-refractivity contribution in [1.82, 2.24) is 0 Å². The topological polar surface area (TPSA) is 63.6 Å². The van der Waals surface area contributed by atoms with Gasteiger partial charge in [-0.2, -0.15) is 0 Å². The van der Waals surface area contributed by atoms with Crippen molar-refractivity contribution in [2.45, 2.75) is 18.4 Å². The Kier molecular flexibility index (Phi) is 4.21. The monoisotopic (exact) mass is 171 g/mol. The lowest BCUT2D eigenvalue weighted by Gasteiger charge is -2.16. The smallest absolute Gasteiger partial charge is 0.308 e. The van der Waals surface area contributed by atoms with Gasteiger partial charge in [-0.25, -0.2) is 0 Å². The second-order valence-electron chi connectivity index (χ2n) is 2.38. The molecular weight excluding hydrogens is 160 g/mol. The van der Waals surface area contributed by atoms with Crippen molar-refractivity contribution < 1.29 is 19.4 Å².